The maximum atomic E-state index is 14.5. The van der Waals surface area contributed by atoms with E-state index < -0.39 is 38.2 Å². The summed E-state index contributed by atoms with van der Waals surface area (Å²) in [5.74, 6) is -1.53. The highest BCUT2D eigenvalue weighted by Gasteiger charge is 2.62. The predicted molar refractivity (Wildman–Crippen MR) is 190 cm³/mol. The molecule has 12 heteroatoms. The van der Waals surface area contributed by atoms with Gasteiger partial charge in [0.05, 0.1) is 33.0 Å². The van der Waals surface area contributed by atoms with Crippen molar-refractivity contribution in [1.82, 2.24) is 14.6 Å². The number of carbonyl (C=O) groups excluding carboxylic acids is 3. The molecule has 5 atom stereocenters. The van der Waals surface area contributed by atoms with E-state index >= 15 is 0 Å². The monoisotopic (exact) mass is 723 g/mol. The number of ketones is 1. The van der Waals surface area contributed by atoms with E-state index in [1.807, 2.05) is 48.5 Å². The van der Waals surface area contributed by atoms with Gasteiger partial charge in [0.1, 0.15) is 6.10 Å². The third-order valence-electron chi connectivity index (χ3n) is 10.9. The van der Waals surface area contributed by atoms with E-state index in [1.165, 1.54) is 11.3 Å². The van der Waals surface area contributed by atoms with Crippen LogP contribution in [0.15, 0.2) is 60.7 Å². The van der Waals surface area contributed by atoms with Crippen molar-refractivity contribution < 1.29 is 27.5 Å². The van der Waals surface area contributed by atoms with Crippen molar-refractivity contribution >= 4 is 60.8 Å². The van der Waals surface area contributed by atoms with Crippen LogP contribution < -0.4 is 9.46 Å². The summed E-state index contributed by atoms with van der Waals surface area (Å²) < 4.78 is 34.9. The molecular formula is C37H42ClN3O6S2. The van der Waals surface area contributed by atoms with Gasteiger partial charge in [-0.05, 0) is 81.5 Å². The molecule has 49 heavy (non-hydrogen) atoms. The normalized spacial score (nSPS) is 29.3. The van der Waals surface area contributed by atoms with Crippen molar-refractivity contribution in [3.05, 3.63) is 71.3 Å². The van der Waals surface area contributed by atoms with Crippen molar-refractivity contribution in [2.75, 3.05) is 6.54 Å². The Morgan fingerprint density at radius 3 is 2.69 bits per heavy atom. The van der Waals surface area contributed by atoms with Crippen LogP contribution in [0.4, 0.5) is 0 Å². The van der Waals surface area contributed by atoms with E-state index in [-0.39, 0.29) is 42.9 Å². The van der Waals surface area contributed by atoms with Crippen LogP contribution in [0.3, 0.4) is 0 Å². The van der Waals surface area contributed by atoms with Crippen molar-refractivity contribution in [3.8, 4) is 5.19 Å². The number of fused-ring (bicyclic) bond motifs is 3. The van der Waals surface area contributed by atoms with Gasteiger partial charge < -0.3 is 9.64 Å². The van der Waals surface area contributed by atoms with Gasteiger partial charge in [-0.15, -0.1) is 0 Å². The summed E-state index contributed by atoms with van der Waals surface area (Å²) in [6.07, 6.45) is 9.90. The molecule has 0 unspecified atom stereocenters. The number of nitrogens with zero attached hydrogens (tertiary/aromatic N) is 2. The fraction of sp³-hybridized carbons (Fsp3) is 0.514. The second kappa shape index (κ2) is 13.5. The standard InChI is InChI=1S/C37H42ClN3O6S2/c1-36(16-17-36)49(45,46)40-34(44)37-21-26(37)13-9-4-2-3-8-12-25(18-24-10-6-5-7-11-24)33(43)41-23-28(20-30(41)31(42)22-37)47-35-39-29-15-14-27(38)19-32(29)48-35/h5-7,9-11,13-15,19,25-26,28,30H,2-4,8,12,16-18,20-23H2,1H3,(H,40,44)/b13-9-/t25-,26-,28-,30+,37-/m1/s1. The number of thiazole rings is 1. The number of hydrogen-bond donors (Lipinski definition) is 1. The quantitative estimate of drug-likeness (QED) is 0.271. The molecule has 1 saturated heterocycles. The number of carbonyl (C=O) groups is 3. The summed E-state index contributed by atoms with van der Waals surface area (Å²) in [5.41, 5.74) is 0.644. The second-order valence-corrected chi connectivity index (χ2v) is 18.1. The van der Waals surface area contributed by atoms with Gasteiger partial charge in [-0.25, -0.2) is 13.4 Å². The third-order valence-corrected chi connectivity index (χ3v) is 14.2. The van der Waals surface area contributed by atoms with Crippen LogP contribution in [0.5, 0.6) is 5.19 Å². The molecule has 7 rings (SSSR count). The van der Waals surface area contributed by atoms with Crippen LogP contribution in [-0.4, -0.2) is 59.3 Å². The molecule has 2 aliphatic heterocycles. The Balaban J connectivity index is 1.18. The number of halogens is 1. The Bertz CT molecular complexity index is 1890. The van der Waals surface area contributed by atoms with E-state index in [0.29, 0.717) is 42.3 Å². The Hall–Kier alpha value is -3.28. The number of nitrogens with one attached hydrogen (secondary N) is 1. The first kappa shape index (κ1) is 34.2. The Morgan fingerprint density at radius 2 is 1.92 bits per heavy atom. The fourth-order valence-corrected chi connectivity index (χ4v) is 9.88. The highest BCUT2D eigenvalue weighted by molar-refractivity contribution is 7.91. The van der Waals surface area contributed by atoms with Crippen molar-refractivity contribution in [3.63, 3.8) is 0 Å². The lowest BCUT2D eigenvalue weighted by Gasteiger charge is -2.29. The van der Waals surface area contributed by atoms with E-state index in [1.54, 1.807) is 17.9 Å². The molecule has 1 aromatic heterocycles. The molecule has 0 radical (unpaired) electrons. The number of ether oxygens (including phenoxy) is 1. The van der Waals surface area contributed by atoms with Gasteiger partial charge in [-0.3, -0.25) is 19.1 Å². The molecule has 9 nitrogen and oxygen atoms in total. The number of sulfonamides is 1. The lowest BCUT2D eigenvalue weighted by Crippen LogP contribution is -2.47. The Morgan fingerprint density at radius 1 is 1.12 bits per heavy atom. The van der Waals surface area contributed by atoms with Crippen molar-refractivity contribution in [2.24, 2.45) is 17.3 Å². The van der Waals surface area contributed by atoms with Crippen LogP contribution in [0, 0.1) is 17.3 Å². The van der Waals surface area contributed by atoms with E-state index in [9.17, 15) is 22.8 Å². The zero-order valence-corrected chi connectivity index (χ0v) is 30.0. The van der Waals surface area contributed by atoms with Crippen molar-refractivity contribution in [2.45, 2.75) is 94.4 Å². The number of rotatable bonds is 7. The third kappa shape index (κ3) is 7.17. The zero-order valence-electron chi connectivity index (χ0n) is 27.6. The molecule has 2 aliphatic carbocycles. The van der Waals surface area contributed by atoms with Gasteiger partial charge in [-0.2, -0.15) is 0 Å². The summed E-state index contributed by atoms with van der Waals surface area (Å²) >= 11 is 7.56. The molecule has 2 amide bonds. The first-order chi connectivity index (χ1) is 23.5. The average Bonchev–Trinajstić information content (AvgIpc) is 3.88. The smallest absolute Gasteiger partial charge is 0.274 e. The van der Waals surface area contributed by atoms with Crippen LogP contribution in [-0.2, 0) is 30.8 Å². The van der Waals surface area contributed by atoms with Crippen LogP contribution in [0.2, 0.25) is 5.02 Å². The van der Waals surface area contributed by atoms with Gasteiger partial charge >= 0.3 is 0 Å². The van der Waals surface area contributed by atoms with Gasteiger partial charge in [0.25, 0.3) is 5.19 Å². The predicted octanol–water partition coefficient (Wildman–Crippen LogP) is 6.64. The summed E-state index contributed by atoms with van der Waals surface area (Å²) in [5, 5.41) is 1.04. The second-order valence-electron chi connectivity index (χ2n) is 14.5. The summed E-state index contributed by atoms with van der Waals surface area (Å²) in [4.78, 5) is 49.0. The Kier molecular flexibility index (Phi) is 9.38. The first-order valence-electron chi connectivity index (χ1n) is 17.3. The Labute approximate surface area is 296 Å². The zero-order chi connectivity index (χ0) is 34.4. The molecule has 260 valence electrons. The number of Topliss-reactive ketones (excluding diaryl/α,β-unsaturated/α-hetero) is 1. The average molecular weight is 724 g/mol. The van der Waals surface area contributed by atoms with Gasteiger partial charge in [0.2, 0.25) is 21.8 Å². The molecular weight excluding hydrogens is 682 g/mol. The van der Waals surface area contributed by atoms with Crippen LogP contribution in [0.25, 0.3) is 10.2 Å². The molecule has 0 spiro atoms. The van der Waals surface area contributed by atoms with E-state index in [0.717, 1.165) is 41.5 Å². The summed E-state index contributed by atoms with van der Waals surface area (Å²) in [7, 11) is -3.88. The maximum Gasteiger partial charge on any atom is 0.274 e. The number of allylic oxidation sites excluding steroid dienone is 2. The number of amides is 2. The summed E-state index contributed by atoms with van der Waals surface area (Å²) in [6, 6.07) is 14.6. The molecule has 4 aliphatic rings. The fourth-order valence-electron chi connectivity index (χ4n) is 7.39. The van der Waals surface area contributed by atoms with Crippen LogP contribution in [0.1, 0.15) is 76.7 Å². The molecule has 0 bridgehead atoms. The molecule has 3 heterocycles. The topological polar surface area (TPSA) is 123 Å². The molecule has 2 aromatic carbocycles. The van der Waals surface area contributed by atoms with Gasteiger partial charge in [0, 0.05) is 23.8 Å². The van der Waals surface area contributed by atoms with E-state index in [4.69, 9.17) is 16.3 Å². The maximum absolute atomic E-state index is 14.5. The van der Waals surface area contributed by atoms with E-state index in [2.05, 4.69) is 15.8 Å². The van der Waals surface area contributed by atoms with Gasteiger partial charge in [-0.1, -0.05) is 78.3 Å². The lowest BCUT2D eigenvalue weighted by atomic mass is 9.90. The molecule has 3 aromatic rings. The highest BCUT2D eigenvalue weighted by Crippen LogP contribution is 2.57. The number of hydrogen-bond acceptors (Lipinski definition) is 8. The minimum atomic E-state index is -3.88. The SMILES string of the molecule is CC1(S(=O)(=O)NC(=O)[C@]23CC(=O)[C@@H]4C[C@@H](Oc5nc6ccc(Cl)cc6s5)CN4C(=O)[C@@H](Cc4ccccc4)CCCCC/C=C\[C@@H]2C3)CC1. The van der Waals surface area contributed by atoms with Crippen LogP contribution >= 0.6 is 22.9 Å². The first-order valence-corrected chi connectivity index (χ1v) is 20.0. The molecule has 2 saturated carbocycles. The van der Waals surface area contributed by atoms with Crippen molar-refractivity contribution in [1.29, 1.82) is 0 Å². The summed E-state index contributed by atoms with van der Waals surface area (Å²) in [6.45, 7) is 1.85. The number of benzene rings is 2. The van der Waals surface area contributed by atoms with Gasteiger partial charge in [0.15, 0.2) is 5.78 Å². The molecule has 1 N–H and O–H groups in total. The highest BCUT2D eigenvalue weighted by atomic mass is 35.5. The molecule has 3 fully saturated rings. The minimum absolute atomic E-state index is 0.0903. The largest absolute Gasteiger partial charge is 0.465 e. The number of aromatic nitrogens is 1. The minimum Gasteiger partial charge on any atom is -0.465 e. The lowest BCUT2D eigenvalue weighted by molar-refractivity contribution is -0.142.